The van der Waals surface area contributed by atoms with E-state index >= 15 is 0 Å². The van der Waals surface area contributed by atoms with Crippen LogP contribution < -0.4 is 0 Å². The maximum absolute atomic E-state index is 11.3. The fourth-order valence-corrected chi connectivity index (χ4v) is 1.10. The van der Waals surface area contributed by atoms with Crippen molar-refractivity contribution in [1.29, 1.82) is 0 Å². The summed E-state index contributed by atoms with van der Waals surface area (Å²) in [5.74, 6) is -2.01. The van der Waals surface area contributed by atoms with Crippen molar-refractivity contribution in [1.82, 2.24) is 0 Å². The van der Waals surface area contributed by atoms with Gasteiger partial charge in [-0.15, -0.1) is 0 Å². The minimum atomic E-state index is -1.16. The zero-order valence-corrected chi connectivity index (χ0v) is 9.25. The van der Waals surface area contributed by atoms with Crippen molar-refractivity contribution >= 4 is 18.0 Å². The lowest BCUT2D eigenvalue weighted by Crippen LogP contribution is -2.13. The van der Waals surface area contributed by atoms with Crippen LogP contribution in [-0.2, 0) is 19.1 Å². The van der Waals surface area contributed by atoms with Crippen LogP contribution in [0, 0.1) is 0 Å². The van der Waals surface area contributed by atoms with Crippen LogP contribution in [0.5, 0.6) is 0 Å². The molecule has 5 heteroatoms. The van der Waals surface area contributed by atoms with Crippen molar-refractivity contribution in [3.63, 3.8) is 0 Å². The van der Waals surface area contributed by atoms with Gasteiger partial charge in [-0.05, 0) is 11.6 Å². The number of carboxylic acids is 1. The highest BCUT2D eigenvalue weighted by molar-refractivity contribution is 5.91. The van der Waals surface area contributed by atoms with Gasteiger partial charge in [-0.1, -0.05) is 30.3 Å². The summed E-state index contributed by atoms with van der Waals surface area (Å²) in [7, 11) is 1.20. The Labute approximate surface area is 98.3 Å². The van der Waals surface area contributed by atoms with Crippen LogP contribution in [0.3, 0.4) is 0 Å². The molecule has 0 saturated carbocycles. The first-order chi connectivity index (χ1) is 8.13. The summed E-state index contributed by atoms with van der Waals surface area (Å²) in [5.41, 5.74) is 0.721. The number of esters is 1. The van der Waals surface area contributed by atoms with Gasteiger partial charge in [0, 0.05) is 0 Å². The number of rotatable bonds is 5. The molecule has 0 spiro atoms. The minimum Gasteiger partial charge on any atom is -0.479 e. The van der Waals surface area contributed by atoms with Gasteiger partial charge in [-0.3, -0.25) is 0 Å². The molecular formula is C12H12O5. The van der Waals surface area contributed by atoms with Crippen molar-refractivity contribution in [3.8, 4) is 0 Å². The van der Waals surface area contributed by atoms with Gasteiger partial charge >= 0.3 is 11.9 Å². The van der Waals surface area contributed by atoms with Crippen molar-refractivity contribution in [3.05, 3.63) is 41.7 Å². The summed E-state index contributed by atoms with van der Waals surface area (Å²) >= 11 is 0. The average molecular weight is 236 g/mol. The lowest BCUT2D eigenvalue weighted by Gasteiger charge is -2.06. The molecule has 1 aromatic rings. The van der Waals surface area contributed by atoms with Gasteiger partial charge < -0.3 is 14.6 Å². The normalized spacial score (nSPS) is 10.8. The van der Waals surface area contributed by atoms with E-state index < -0.39 is 18.5 Å². The standard InChI is InChI=1S/C12H12O5/c1-16-12(15)10(17-8-11(13)14)7-9-5-3-2-4-6-9/h2-7H,8H2,1H3,(H,13,14). The summed E-state index contributed by atoms with van der Waals surface area (Å²) in [6, 6.07) is 8.92. The monoisotopic (exact) mass is 236 g/mol. The number of hydrogen-bond acceptors (Lipinski definition) is 4. The van der Waals surface area contributed by atoms with E-state index in [9.17, 15) is 9.59 Å². The highest BCUT2D eigenvalue weighted by atomic mass is 16.6. The molecule has 0 heterocycles. The molecule has 17 heavy (non-hydrogen) atoms. The number of benzene rings is 1. The molecule has 0 aliphatic rings. The highest BCUT2D eigenvalue weighted by Gasteiger charge is 2.12. The van der Waals surface area contributed by atoms with Gasteiger partial charge in [-0.25, -0.2) is 9.59 Å². The van der Waals surface area contributed by atoms with E-state index in [0.29, 0.717) is 0 Å². The van der Waals surface area contributed by atoms with Crippen LogP contribution >= 0.6 is 0 Å². The Morgan fingerprint density at radius 1 is 1.29 bits per heavy atom. The highest BCUT2D eigenvalue weighted by Crippen LogP contribution is 2.09. The molecule has 0 atom stereocenters. The Morgan fingerprint density at radius 2 is 1.94 bits per heavy atom. The molecule has 5 nitrogen and oxygen atoms in total. The Morgan fingerprint density at radius 3 is 2.47 bits per heavy atom. The van der Waals surface area contributed by atoms with Gasteiger partial charge in [0.1, 0.15) is 0 Å². The summed E-state index contributed by atoms with van der Waals surface area (Å²) in [6.07, 6.45) is 1.43. The van der Waals surface area contributed by atoms with Gasteiger partial charge in [0.15, 0.2) is 6.61 Å². The number of ether oxygens (including phenoxy) is 2. The number of carbonyl (C=O) groups excluding carboxylic acids is 1. The van der Waals surface area contributed by atoms with Gasteiger partial charge in [0.05, 0.1) is 7.11 Å². The third kappa shape index (κ3) is 4.38. The van der Waals surface area contributed by atoms with Crippen molar-refractivity contribution in [2.75, 3.05) is 13.7 Å². The van der Waals surface area contributed by atoms with Gasteiger partial charge in [0.2, 0.25) is 5.76 Å². The molecular weight excluding hydrogens is 224 g/mol. The molecule has 0 aliphatic carbocycles. The van der Waals surface area contributed by atoms with Gasteiger partial charge in [-0.2, -0.15) is 0 Å². The quantitative estimate of drug-likeness (QED) is 0.474. The molecule has 1 N–H and O–H groups in total. The Balaban J connectivity index is 2.86. The molecule has 0 saturated heterocycles. The molecule has 0 aliphatic heterocycles. The van der Waals surface area contributed by atoms with Crippen LogP contribution in [-0.4, -0.2) is 30.8 Å². The summed E-state index contributed by atoms with van der Waals surface area (Å²) < 4.78 is 9.34. The second-order valence-corrected chi connectivity index (χ2v) is 3.09. The minimum absolute atomic E-state index is 0.138. The van der Waals surface area contributed by atoms with Gasteiger partial charge in [0.25, 0.3) is 0 Å². The first kappa shape index (κ1) is 12.8. The van der Waals surface area contributed by atoms with Crippen LogP contribution in [0.25, 0.3) is 6.08 Å². The fourth-order valence-electron chi connectivity index (χ4n) is 1.10. The number of hydrogen-bond donors (Lipinski definition) is 1. The molecule has 0 bridgehead atoms. The number of aliphatic carboxylic acids is 1. The van der Waals surface area contributed by atoms with Crippen molar-refractivity contribution in [2.24, 2.45) is 0 Å². The smallest absolute Gasteiger partial charge is 0.373 e. The maximum Gasteiger partial charge on any atom is 0.373 e. The van der Waals surface area contributed by atoms with Crippen LogP contribution in [0.1, 0.15) is 5.56 Å². The molecule has 1 rings (SSSR count). The predicted octanol–water partition coefficient (Wildman–Crippen LogP) is 1.30. The van der Waals surface area contributed by atoms with Crippen molar-refractivity contribution < 1.29 is 24.2 Å². The van der Waals surface area contributed by atoms with E-state index in [-0.39, 0.29) is 5.76 Å². The van der Waals surface area contributed by atoms with E-state index in [0.717, 1.165) is 5.56 Å². The van der Waals surface area contributed by atoms with E-state index in [4.69, 9.17) is 9.84 Å². The SMILES string of the molecule is COC(=O)C(=Cc1ccccc1)OCC(=O)O. The number of methoxy groups -OCH3 is 1. The molecule has 0 fully saturated rings. The van der Waals surface area contributed by atoms with E-state index in [1.165, 1.54) is 13.2 Å². The second-order valence-electron chi connectivity index (χ2n) is 3.09. The fraction of sp³-hybridized carbons (Fsp3) is 0.167. The molecule has 0 aromatic heterocycles. The molecule has 0 radical (unpaired) electrons. The molecule has 0 amide bonds. The maximum atomic E-state index is 11.3. The summed E-state index contributed by atoms with van der Waals surface area (Å²) in [4.78, 5) is 21.7. The third-order valence-electron chi connectivity index (χ3n) is 1.84. The lowest BCUT2D eigenvalue weighted by atomic mass is 10.2. The zero-order chi connectivity index (χ0) is 12.7. The van der Waals surface area contributed by atoms with E-state index in [1.54, 1.807) is 24.3 Å². The zero-order valence-electron chi connectivity index (χ0n) is 9.25. The molecule has 0 unspecified atom stereocenters. The van der Waals surface area contributed by atoms with E-state index in [1.807, 2.05) is 6.07 Å². The Kier molecular flexibility index (Phi) is 4.75. The topological polar surface area (TPSA) is 72.8 Å². The van der Waals surface area contributed by atoms with Crippen LogP contribution in [0.4, 0.5) is 0 Å². The lowest BCUT2D eigenvalue weighted by molar-refractivity contribution is -0.144. The first-order valence-electron chi connectivity index (χ1n) is 4.83. The Hall–Kier alpha value is -2.30. The summed E-state index contributed by atoms with van der Waals surface area (Å²) in [6.45, 7) is -0.590. The average Bonchev–Trinajstić information content (AvgIpc) is 2.34. The summed E-state index contributed by atoms with van der Waals surface area (Å²) in [5, 5.41) is 8.48. The second kappa shape index (κ2) is 6.32. The van der Waals surface area contributed by atoms with E-state index in [2.05, 4.69) is 4.74 Å². The largest absolute Gasteiger partial charge is 0.479 e. The first-order valence-corrected chi connectivity index (χ1v) is 4.83. The number of carbonyl (C=O) groups is 2. The Bertz CT molecular complexity index is 422. The third-order valence-corrected chi connectivity index (χ3v) is 1.84. The van der Waals surface area contributed by atoms with Crippen molar-refractivity contribution in [2.45, 2.75) is 0 Å². The molecule has 1 aromatic carbocycles. The predicted molar refractivity (Wildman–Crippen MR) is 60.0 cm³/mol. The van der Waals surface area contributed by atoms with Crippen LogP contribution in [0.15, 0.2) is 36.1 Å². The van der Waals surface area contributed by atoms with Crippen LogP contribution in [0.2, 0.25) is 0 Å². The number of carboxylic acid groups (broad SMARTS) is 1. The molecule has 90 valence electrons.